The Hall–Kier alpha value is -0.100. The van der Waals surface area contributed by atoms with E-state index in [0.29, 0.717) is 12.1 Å². The number of piperazine rings is 1. The summed E-state index contributed by atoms with van der Waals surface area (Å²) in [6.07, 6.45) is 1.87. The Morgan fingerprint density at radius 2 is 2.24 bits per heavy atom. The fourth-order valence-corrected chi connectivity index (χ4v) is 2.63. The Labute approximate surface area is 117 Å². The van der Waals surface area contributed by atoms with E-state index in [2.05, 4.69) is 45.1 Å². The van der Waals surface area contributed by atoms with Gasteiger partial charge in [-0.25, -0.2) is 0 Å². The fraction of sp³-hybridized carbons (Fsp3) is 0.727. The molecular weight excluding hydrogens is 304 g/mol. The predicted molar refractivity (Wildman–Crippen MR) is 75.5 cm³/mol. The standard InChI is InChI=1S/C11H19BrN4.ClH/c1-8-9(2)16(5-4-13-8)7-11-10(12)6-14-15(11)3;/h6,8-9,13H,4-5,7H2,1-3H3;1H. The molecule has 4 nitrogen and oxygen atoms in total. The number of hydrogen-bond acceptors (Lipinski definition) is 3. The molecule has 1 fully saturated rings. The van der Waals surface area contributed by atoms with Crippen molar-refractivity contribution in [3.63, 3.8) is 0 Å². The number of halogens is 2. The predicted octanol–water partition coefficient (Wildman–Crippen LogP) is 1.79. The molecule has 0 spiro atoms. The van der Waals surface area contributed by atoms with Gasteiger partial charge in [0, 0.05) is 38.8 Å². The smallest absolute Gasteiger partial charge is 0.0663 e. The van der Waals surface area contributed by atoms with Crippen molar-refractivity contribution in [1.82, 2.24) is 20.0 Å². The summed E-state index contributed by atoms with van der Waals surface area (Å²) in [6.45, 7) is 7.66. The van der Waals surface area contributed by atoms with Gasteiger partial charge < -0.3 is 5.32 Å². The molecule has 0 saturated carbocycles. The van der Waals surface area contributed by atoms with Gasteiger partial charge in [0.25, 0.3) is 0 Å². The molecule has 2 unspecified atom stereocenters. The van der Waals surface area contributed by atoms with E-state index < -0.39 is 0 Å². The highest BCUT2D eigenvalue weighted by atomic mass is 79.9. The summed E-state index contributed by atoms with van der Waals surface area (Å²) in [5, 5.41) is 7.75. The molecule has 0 bridgehead atoms. The molecule has 6 heteroatoms. The van der Waals surface area contributed by atoms with E-state index in [4.69, 9.17) is 0 Å². The number of hydrogen-bond donors (Lipinski definition) is 1. The van der Waals surface area contributed by atoms with Crippen LogP contribution >= 0.6 is 28.3 Å². The molecule has 1 saturated heterocycles. The largest absolute Gasteiger partial charge is 0.311 e. The summed E-state index contributed by atoms with van der Waals surface area (Å²) in [5.41, 5.74) is 1.25. The number of aromatic nitrogens is 2. The van der Waals surface area contributed by atoms with E-state index in [0.717, 1.165) is 24.1 Å². The van der Waals surface area contributed by atoms with Crippen molar-refractivity contribution in [2.24, 2.45) is 7.05 Å². The molecule has 1 aromatic rings. The molecule has 1 aliphatic rings. The van der Waals surface area contributed by atoms with Crippen LogP contribution in [0.15, 0.2) is 10.7 Å². The first-order valence-electron chi connectivity index (χ1n) is 5.73. The number of aryl methyl sites for hydroxylation is 1. The average molecular weight is 324 g/mol. The lowest BCUT2D eigenvalue weighted by atomic mass is 10.1. The van der Waals surface area contributed by atoms with Crippen LogP contribution < -0.4 is 5.32 Å². The zero-order chi connectivity index (χ0) is 11.7. The zero-order valence-electron chi connectivity index (χ0n) is 10.5. The third-order valence-corrected chi connectivity index (χ3v) is 4.19. The second kappa shape index (κ2) is 6.18. The first-order valence-corrected chi connectivity index (χ1v) is 6.52. The normalized spacial score (nSPS) is 25.6. The maximum atomic E-state index is 4.25. The van der Waals surface area contributed by atoms with Crippen LogP contribution in [0.3, 0.4) is 0 Å². The number of nitrogens with one attached hydrogen (secondary N) is 1. The molecule has 0 radical (unpaired) electrons. The van der Waals surface area contributed by atoms with E-state index in [-0.39, 0.29) is 12.4 Å². The van der Waals surface area contributed by atoms with Gasteiger partial charge in [-0.2, -0.15) is 5.10 Å². The van der Waals surface area contributed by atoms with Gasteiger partial charge in [0.15, 0.2) is 0 Å². The molecule has 0 amide bonds. The number of rotatable bonds is 2. The van der Waals surface area contributed by atoms with Gasteiger partial charge in [0.1, 0.15) is 0 Å². The molecule has 1 aromatic heterocycles. The van der Waals surface area contributed by atoms with E-state index in [1.165, 1.54) is 5.69 Å². The van der Waals surface area contributed by atoms with Crippen molar-refractivity contribution in [3.8, 4) is 0 Å². The Morgan fingerprint density at radius 1 is 1.53 bits per heavy atom. The van der Waals surface area contributed by atoms with E-state index >= 15 is 0 Å². The van der Waals surface area contributed by atoms with E-state index in [1.54, 1.807) is 0 Å². The summed E-state index contributed by atoms with van der Waals surface area (Å²) >= 11 is 3.55. The summed E-state index contributed by atoms with van der Waals surface area (Å²) in [5.74, 6) is 0. The highest BCUT2D eigenvalue weighted by Crippen LogP contribution is 2.19. The molecule has 0 aromatic carbocycles. The topological polar surface area (TPSA) is 33.1 Å². The lowest BCUT2D eigenvalue weighted by Crippen LogP contribution is -2.54. The van der Waals surface area contributed by atoms with Crippen LogP contribution in [0.5, 0.6) is 0 Å². The summed E-state index contributed by atoms with van der Waals surface area (Å²) in [4.78, 5) is 2.50. The van der Waals surface area contributed by atoms with Crippen molar-refractivity contribution in [3.05, 3.63) is 16.4 Å². The van der Waals surface area contributed by atoms with Crippen LogP contribution in [0.4, 0.5) is 0 Å². The Balaban J connectivity index is 0.00000144. The van der Waals surface area contributed by atoms with Gasteiger partial charge in [-0.05, 0) is 29.8 Å². The van der Waals surface area contributed by atoms with Crippen LogP contribution in [0.2, 0.25) is 0 Å². The zero-order valence-corrected chi connectivity index (χ0v) is 12.9. The van der Waals surface area contributed by atoms with Gasteiger partial charge in [-0.15, -0.1) is 12.4 Å². The second-order valence-electron chi connectivity index (χ2n) is 4.52. The Kier molecular flexibility index (Phi) is 5.44. The molecule has 2 heterocycles. The van der Waals surface area contributed by atoms with Crippen LogP contribution in [-0.4, -0.2) is 39.9 Å². The third-order valence-electron chi connectivity index (χ3n) is 3.53. The van der Waals surface area contributed by atoms with Gasteiger partial charge in [-0.1, -0.05) is 0 Å². The van der Waals surface area contributed by atoms with E-state index in [9.17, 15) is 0 Å². The molecule has 17 heavy (non-hydrogen) atoms. The lowest BCUT2D eigenvalue weighted by Gasteiger charge is -2.38. The Bertz CT molecular complexity index is 349. The van der Waals surface area contributed by atoms with Crippen molar-refractivity contribution in [1.29, 1.82) is 0 Å². The lowest BCUT2D eigenvalue weighted by molar-refractivity contribution is 0.127. The van der Waals surface area contributed by atoms with Gasteiger partial charge in [0.05, 0.1) is 16.4 Å². The fourth-order valence-electron chi connectivity index (χ4n) is 2.16. The molecule has 1 N–H and O–H groups in total. The summed E-state index contributed by atoms with van der Waals surface area (Å²) < 4.78 is 3.05. The minimum absolute atomic E-state index is 0. The van der Waals surface area contributed by atoms with Gasteiger partial charge in [-0.3, -0.25) is 9.58 Å². The molecule has 98 valence electrons. The van der Waals surface area contributed by atoms with Gasteiger partial charge in [0.2, 0.25) is 0 Å². The molecular formula is C11H20BrClN4. The second-order valence-corrected chi connectivity index (χ2v) is 5.37. The SMILES string of the molecule is CC1NCCN(Cc2c(Br)cnn2C)C1C.Cl. The van der Waals surface area contributed by atoms with Gasteiger partial charge >= 0.3 is 0 Å². The van der Waals surface area contributed by atoms with Crippen LogP contribution in [0.25, 0.3) is 0 Å². The first kappa shape index (κ1) is 15.0. The minimum Gasteiger partial charge on any atom is -0.311 e. The molecule has 2 rings (SSSR count). The Morgan fingerprint density at radius 3 is 2.82 bits per heavy atom. The minimum atomic E-state index is 0. The highest BCUT2D eigenvalue weighted by molar-refractivity contribution is 9.10. The van der Waals surface area contributed by atoms with Crippen molar-refractivity contribution in [2.45, 2.75) is 32.5 Å². The highest BCUT2D eigenvalue weighted by Gasteiger charge is 2.25. The average Bonchev–Trinajstić information content (AvgIpc) is 2.56. The molecule has 0 aliphatic carbocycles. The van der Waals surface area contributed by atoms with E-state index in [1.807, 2.05) is 17.9 Å². The monoisotopic (exact) mass is 322 g/mol. The molecule has 2 atom stereocenters. The third kappa shape index (κ3) is 3.22. The van der Waals surface area contributed by atoms with Crippen molar-refractivity contribution < 1.29 is 0 Å². The van der Waals surface area contributed by atoms with Crippen molar-refractivity contribution >= 4 is 28.3 Å². The first-order chi connectivity index (χ1) is 7.59. The molecule has 1 aliphatic heterocycles. The summed E-state index contributed by atoms with van der Waals surface area (Å²) in [6, 6.07) is 1.12. The number of nitrogens with zero attached hydrogens (tertiary/aromatic N) is 3. The summed E-state index contributed by atoms with van der Waals surface area (Å²) in [7, 11) is 2.00. The van der Waals surface area contributed by atoms with Crippen LogP contribution in [0, 0.1) is 0 Å². The maximum absolute atomic E-state index is 4.25. The quantitative estimate of drug-likeness (QED) is 0.901. The van der Waals surface area contributed by atoms with Crippen LogP contribution in [-0.2, 0) is 13.6 Å². The van der Waals surface area contributed by atoms with Crippen molar-refractivity contribution in [2.75, 3.05) is 13.1 Å². The van der Waals surface area contributed by atoms with Crippen LogP contribution in [0.1, 0.15) is 19.5 Å². The maximum Gasteiger partial charge on any atom is 0.0663 e.